The van der Waals surface area contributed by atoms with E-state index < -0.39 is 0 Å². The number of pyridine rings is 1. The first-order valence-corrected chi connectivity index (χ1v) is 7.06. The summed E-state index contributed by atoms with van der Waals surface area (Å²) < 4.78 is 0. The molecule has 0 radical (unpaired) electrons. The van der Waals surface area contributed by atoms with E-state index in [0.29, 0.717) is 12.6 Å². The molecule has 0 amide bonds. The molecule has 1 atom stereocenters. The molecule has 1 aromatic heterocycles. The van der Waals surface area contributed by atoms with Crippen molar-refractivity contribution in [3.63, 3.8) is 0 Å². The Labute approximate surface area is 107 Å². The summed E-state index contributed by atoms with van der Waals surface area (Å²) in [4.78, 5) is 8.82. The second-order valence-electron chi connectivity index (χ2n) is 4.72. The molecule has 0 aliphatic carbocycles. The summed E-state index contributed by atoms with van der Waals surface area (Å²) in [5.74, 6) is 1.88. The number of aromatic nitrogens is 1. The van der Waals surface area contributed by atoms with Crippen molar-refractivity contribution in [1.82, 2.24) is 10.3 Å². The fourth-order valence-electron chi connectivity index (χ4n) is 1.87. The fraction of sp³-hybridized carbons (Fsp3) is 0.538. The first-order chi connectivity index (χ1) is 8.24. The van der Waals surface area contributed by atoms with Gasteiger partial charge in [-0.3, -0.25) is 9.98 Å². The van der Waals surface area contributed by atoms with E-state index in [1.54, 1.807) is 0 Å². The first-order valence-electron chi connectivity index (χ1n) is 6.07. The maximum absolute atomic E-state index is 4.56. The number of nitrogens with zero attached hydrogens (tertiary/aromatic N) is 2. The lowest BCUT2D eigenvalue weighted by molar-refractivity contribution is 0.502. The number of hydrogen-bond donors (Lipinski definition) is 1. The molecule has 1 unspecified atom stereocenters. The monoisotopic (exact) mass is 249 g/mol. The average molecular weight is 249 g/mol. The largest absolute Gasteiger partial charge is 0.361 e. The SMILES string of the molecule is CC(C)CC1CSC(=NCc2ccccn2)N1. The van der Waals surface area contributed by atoms with Gasteiger partial charge in [-0.2, -0.15) is 0 Å². The molecule has 92 valence electrons. The molecule has 1 saturated heterocycles. The second kappa shape index (κ2) is 6.05. The number of amidine groups is 1. The van der Waals surface area contributed by atoms with E-state index in [1.165, 1.54) is 6.42 Å². The van der Waals surface area contributed by atoms with Gasteiger partial charge in [-0.05, 0) is 24.5 Å². The third kappa shape index (κ3) is 4.04. The Morgan fingerprint density at radius 2 is 2.41 bits per heavy atom. The van der Waals surface area contributed by atoms with Crippen molar-refractivity contribution in [1.29, 1.82) is 0 Å². The molecule has 3 nitrogen and oxygen atoms in total. The van der Waals surface area contributed by atoms with Crippen LogP contribution in [0.25, 0.3) is 0 Å². The lowest BCUT2D eigenvalue weighted by atomic mass is 10.1. The number of nitrogens with one attached hydrogen (secondary N) is 1. The van der Waals surface area contributed by atoms with E-state index in [1.807, 2.05) is 36.2 Å². The van der Waals surface area contributed by atoms with E-state index in [-0.39, 0.29) is 0 Å². The van der Waals surface area contributed by atoms with Crippen LogP contribution in [-0.2, 0) is 6.54 Å². The molecule has 0 bridgehead atoms. The maximum atomic E-state index is 4.56. The summed E-state index contributed by atoms with van der Waals surface area (Å²) in [5, 5.41) is 4.55. The molecule has 0 saturated carbocycles. The summed E-state index contributed by atoms with van der Waals surface area (Å²) in [5.41, 5.74) is 1.02. The van der Waals surface area contributed by atoms with Gasteiger partial charge in [0.1, 0.15) is 0 Å². The summed E-state index contributed by atoms with van der Waals surface area (Å²) >= 11 is 1.82. The Balaban J connectivity index is 1.84. The van der Waals surface area contributed by atoms with Crippen LogP contribution in [0.15, 0.2) is 29.4 Å². The van der Waals surface area contributed by atoms with Crippen LogP contribution in [0.4, 0.5) is 0 Å². The van der Waals surface area contributed by atoms with Crippen LogP contribution >= 0.6 is 11.8 Å². The standard InChI is InChI=1S/C13H19N3S/c1-10(2)7-12-9-17-13(16-12)15-8-11-5-3-4-6-14-11/h3-6,10,12H,7-9H2,1-2H3,(H,15,16). The van der Waals surface area contributed by atoms with Gasteiger partial charge in [-0.25, -0.2) is 0 Å². The third-order valence-corrected chi connectivity index (χ3v) is 3.70. The number of rotatable bonds is 4. The Bertz CT molecular complexity index is 376. The van der Waals surface area contributed by atoms with Crippen LogP contribution in [0.5, 0.6) is 0 Å². The number of hydrogen-bond acceptors (Lipinski definition) is 3. The van der Waals surface area contributed by atoms with Gasteiger partial charge in [0, 0.05) is 18.0 Å². The second-order valence-corrected chi connectivity index (χ2v) is 5.73. The molecular weight excluding hydrogens is 230 g/mol. The molecule has 4 heteroatoms. The van der Waals surface area contributed by atoms with Gasteiger partial charge in [-0.1, -0.05) is 31.7 Å². The Hall–Kier alpha value is -1.03. The number of thioether (sulfide) groups is 1. The lowest BCUT2D eigenvalue weighted by Gasteiger charge is -2.11. The van der Waals surface area contributed by atoms with Crippen molar-refractivity contribution >= 4 is 16.9 Å². The van der Waals surface area contributed by atoms with E-state index >= 15 is 0 Å². The van der Waals surface area contributed by atoms with Crippen molar-refractivity contribution in [3.8, 4) is 0 Å². The first kappa shape index (κ1) is 12.4. The average Bonchev–Trinajstić information content (AvgIpc) is 2.75. The topological polar surface area (TPSA) is 37.3 Å². The molecule has 1 aromatic rings. The van der Waals surface area contributed by atoms with Crippen molar-refractivity contribution in [3.05, 3.63) is 30.1 Å². The highest BCUT2D eigenvalue weighted by Gasteiger charge is 2.20. The highest BCUT2D eigenvalue weighted by Crippen LogP contribution is 2.19. The fourth-order valence-corrected chi connectivity index (χ4v) is 2.85. The van der Waals surface area contributed by atoms with Crippen LogP contribution in [-0.4, -0.2) is 21.9 Å². The minimum atomic E-state index is 0.586. The molecule has 2 rings (SSSR count). The molecule has 17 heavy (non-hydrogen) atoms. The van der Waals surface area contributed by atoms with Gasteiger partial charge in [-0.15, -0.1) is 0 Å². The van der Waals surface area contributed by atoms with Crippen LogP contribution in [0.3, 0.4) is 0 Å². The zero-order valence-corrected chi connectivity index (χ0v) is 11.2. The zero-order valence-electron chi connectivity index (χ0n) is 10.4. The van der Waals surface area contributed by atoms with Gasteiger partial charge in [0.15, 0.2) is 5.17 Å². The van der Waals surface area contributed by atoms with Gasteiger partial charge in [0.2, 0.25) is 0 Å². The van der Waals surface area contributed by atoms with Crippen LogP contribution in [0, 0.1) is 5.92 Å². The van der Waals surface area contributed by atoms with Crippen molar-refractivity contribution in [2.75, 3.05) is 5.75 Å². The highest BCUT2D eigenvalue weighted by molar-refractivity contribution is 8.14. The van der Waals surface area contributed by atoms with Gasteiger partial charge >= 0.3 is 0 Å². The molecule has 2 heterocycles. The maximum Gasteiger partial charge on any atom is 0.157 e. The van der Waals surface area contributed by atoms with Crippen LogP contribution < -0.4 is 5.32 Å². The van der Waals surface area contributed by atoms with E-state index in [2.05, 4.69) is 29.1 Å². The molecule has 1 N–H and O–H groups in total. The molecule has 0 aromatic carbocycles. The smallest absolute Gasteiger partial charge is 0.157 e. The lowest BCUT2D eigenvalue weighted by Crippen LogP contribution is -2.28. The minimum absolute atomic E-state index is 0.586. The van der Waals surface area contributed by atoms with Crippen molar-refractivity contribution in [2.45, 2.75) is 32.9 Å². The third-order valence-electron chi connectivity index (χ3n) is 2.62. The Morgan fingerprint density at radius 3 is 3.12 bits per heavy atom. The van der Waals surface area contributed by atoms with Crippen molar-refractivity contribution < 1.29 is 0 Å². The predicted molar refractivity (Wildman–Crippen MR) is 74.2 cm³/mol. The number of aliphatic imine (C=N–C) groups is 1. The van der Waals surface area contributed by atoms with E-state index in [4.69, 9.17) is 0 Å². The Kier molecular flexibility index (Phi) is 4.42. The quantitative estimate of drug-likeness (QED) is 0.891. The van der Waals surface area contributed by atoms with Gasteiger partial charge in [0.25, 0.3) is 0 Å². The molecule has 1 fully saturated rings. The minimum Gasteiger partial charge on any atom is -0.361 e. The van der Waals surface area contributed by atoms with E-state index in [0.717, 1.165) is 22.5 Å². The molecule has 1 aliphatic heterocycles. The van der Waals surface area contributed by atoms with Crippen LogP contribution in [0.2, 0.25) is 0 Å². The van der Waals surface area contributed by atoms with Gasteiger partial charge < -0.3 is 5.32 Å². The summed E-state index contributed by atoms with van der Waals surface area (Å²) in [6.07, 6.45) is 3.03. The summed E-state index contributed by atoms with van der Waals surface area (Å²) in [7, 11) is 0. The predicted octanol–water partition coefficient (Wildman–Crippen LogP) is 2.69. The summed E-state index contributed by atoms with van der Waals surface area (Å²) in [6.45, 7) is 5.19. The van der Waals surface area contributed by atoms with Crippen molar-refractivity contribution in [2.24, 2.45) is 10.9 Å². The van der Waals surface area contributed by atoms with E-state index in [9.17, 15) is 0 Å². The van der Waals surface area contributed by atoms with Crippen LogP contribution in [0.1, 0.15) is 26.0 Å². The normalized spacial score (nSPS) is 22.1. The van der Waals surface area contributed by atoms with Gasteiger partial charge in [0.05, 0.1) is 12.2 Å². The summed E-state index contributed by atoms with van der Waals surface area (Å²) in [6, 6.07) is 6.52. The zero-order chi connectivity index (χ0) is 12.1. The molecule has 1 aliphatic rings. The molecule has 0 spiro atoms. The highest BCUT2D eigenvalue weighted by atomic mass is 32.2. The molecular formula is C13H19N3S. The Morgan fingerprint density at radius 1 is 1.53 bits per heavy atom.